The van der Waals surface area contributed by atoms with Crippen molar-refractivity contribution < 1.29 is 9.59 Å². The van der Waals surface area contributed by atoms with Gasteiger partial charge in [-0.3, -0.25) is 9.59 Å². The molecule has 9 heteroatoms. The normalized spacial score (nSPS) is 29.6. The molecule has 9 nitrogen and oxygen atoms in total. The SMILES string of the molecule is CC(=O)NC1C=CN(c2nc3ccccc3n([C@@H]3CC4N[C@H](CCC4C)C3)c2=O)C(=O)N1. The zero-order chi connectivity index (χ0) is 22.4. The molecule has 5 rings (SSSR count). The summed E-state index contributed by atoms with van der Waals surface area (Å²) in [6.45, 7) is 3.65. The van der Waals surface area contributed by atoms with Gasteiger partial charge in [-0.15, -0.1) is 0 Å². The molecule has 2 aromatic rings. The molecule has 0 spiro atoms. The van der Waals surface area contributed by atoms with Gasteiger partial charge in [-0.25, -0.2) is 14.7 Å². The summed E-state index contributed by atoms with van der Waals surface area (Å²) in [5, 5.41) is 9.03. The van der Waals surface area contributed by atoms with Crippen molar-refractivity contribution in [2.24, 2.45) is 5.92 Å². The first-order valence-corrected chi connectivity index (χ1v) is 11.2. The average molecular weight is 437 g/mol. The molecule has 2 bridgehead atoms. The average Bonchev–Trinajstić information content (AvgIpc) is 2.76. The maximum Gasteiger partial charge on any atom is 0.329 e. The third-order valence-corrected chi connectivity index (χ3v) is 6.84. The van der Waals surface area contributed by atoms with Crippen molar-refractivity contribution in [2.75, 3.05) is 4.90 Å². The fourth-order valence-electron chi connectivity index (χ4n) is 5.25. The Hall–Kier alpha value is -3.20. The topological polar surface area (TPSA) is 108 Å². The fourth-order valence-corrected chi connectivity index (χ4v) is 5.25. The number of piperidine rings is 2. The van der Waals surface area contributed by atoms with Gasteiger partial charge in [0.1, 0.15) is 6.17 Å². The molecule has 3 aliphatic rings. The van der Waals surface area contributed by atoms with E-state index in [-0.39, 0.29) is 23.3 Å². The summed E-state index contributed by atoms with van der Waals surface area (Å²) in [7, 11) is 0. The summed E-state index contributed by atoms with van der Waals surface area (Å²) in [5.41, 5.74) is 1.18. The first-order valence-electron chi connectivity index (χ1n) is 11.2. The highest BCUT2D eigenvalue weighted by Crippen LogP contribution is 2.36. The molecule has 3 N–H and O–H groups in total. The minimum atomic E-state index is -0.621. The zero-order valence-corrected chi connectivity index (χ0v) is 18.2. The molecule has 4 heterocycles. The van der Waals surface area contributed by atoms with Crippen LogP contribution in [0.3, 0.4) is 0 Å². The lowest BCUT2D eigenvalue weighted by molar-refractivity contribution is -0.119. The second-order valence-electron chi connectivity index (χ2n) is 9.09. The van der Waals surface area contributed by atoms with E-state index >= 15 is 0 Å². The van der Waals surface area contributed by atoms with Crippen molar-refractivity contribution in [3.8, 4) is 0 Å². The fraction of sp³-hybridized carbons (Fsp3) is 0.478. The summed E-state index contributed by atoms with van der Waals surface area (Å²) >= 11 is 0. The number of hydrogen-bond acceptors (Lipinski definition) is 5. The quantitative estimate of drug-likeness (QED) is 0.682. The number of nitrogens with zero attached hydrogens (tertiary/aromatic N) is 3. The number of nitrogens with one attached hydrogen (secondary N) is 3. The van der Waals surface area contributed by atoms with Crippen LogP contribution in [-0.4, -0.2) is 39.7 Å². The van der Waals surface area contributed by atoms with Crippen LogP contribution in [0.5, 0.6) is 0 Å². The number of aromatic nitrogens is 2. The van der Waals surface area contributed by atoms with Crippen LogP contribution in [0.15, 0.2) is 41.3 Å². The molecule has 0 saturated carbocycles. The Morgan fingerprint density at radius 3 is 2.78 bits per heavy atom. The van der Waals surface area contributed by atoms with Crippen LogP contribution in [0, 0.1) is 5.92 Å². The Balaban J connectivity index is 1.58. The van der Waals surface area contributed by atoms with Gasteiger partial charge in [-0.05, 0) is 49.8 Å². The number of anilines is 1. The summed E-state index contributed by atoms with van der Waals surface area (Å²) in [5.74, 6) is 0.375. The van der Waals surface area contributed by atoms with E-state index < -0.39 is 12.2 Å². The number of rotatable bonds is 3. The van der Waals surface area contributed by atoms with Crippen LogP contribution in [0.4, 0.5) is 10.6 Å². The Morgan fingerprint density at radius 1 is 1.19 bits per heavy atom. The van der Waals surface area contributed by atoms with Crippen LogP contribution in [-0.2, 0) is 4.79 Å². The first kappa shape index (κ1) is 20.7. The zero-order valence-electron chi connectivity index (χ0n) is 18.2. The van der Waals surface area contributed by atoms with Gasteiger partial charge in [0.2, 0.25) is 11.7 Å². The van der Waals surface area contributed by atoms with Crippen LogP contribution in [0.1, 0.15) is 45.6 Å². The molecule has 1 aromatic carbocycles. The number of urea groups is 1. The summed E-state index contributed by atoms with van der Waals surface area (Å²) in [6.07, 6.45) is 6.58. The number of carbonyl (C=O) groups is 2. The van der Waals surface area contributed by atoms with Crippen molar-refractivity contribution in [3.63, 3.8) is 0 Å². The molecular formula is C23H28N6O3. The highest BCUT2D eigenvalue weighted by molar-refractivity contribution is 5.95. The second kappa shape index (κ2) is 8.05. The highest BCUT2D eigenvalue weighted by Gasteiger charge is 2.37. The van der Waals surface area contributed by atoms with Crippen molar-refractivity contribution in [1.29, 1.82) is 0 Å². The van der Waals surface area contributed by atoms with E-state index in [1.807, 2.05) is 28.8 Å². The van der Waals surface area contributed by atoms with Gasteiger partial charge in [-0.2, -0.15) is 0 Å². The summed E-state index contributed by atoms with van der Waals surface area (Å²) in [4.78, 5) is 43.6. The van der Waals surface area contributed by atoms with Gasteiger partial charge >= 0.3 is 6.03 Å². The van der Waals surface area contributed by atoms with Gasteiger partial charge < -0.3 is 20.5 Å². The van der Waals surface area contributed by atoms with Gasteiger partial charge in [-0.1, -0.05) is 19.1 Å². The van der Waals surface area contributed by atoms with Crippen molar-refractivity contribution in [2.45, 2.75) is 63.8 Å². The van der Waals surface area contributed by atoms with E-state index in [1.165, 1.54) is 24.4 Å². The lowest BCUT2D eigenvalue weighted by atomic mass is 9.78. The van der Waals surface area contributed by atoms with Crippen LogP contribution in [0.2, 0.25) is 0 Å². The minimum absolute atomic E-state index is 0.0390. The number of amides is 3. The van der Waals surface area contributed by atoms with E-state index in [9.17, 15) is 14.4 Å². The Kier molecular flexibility index (Phi) is 5.21. The van der Waals surface area contributed by atoms with E-state index in [0.717, 1.165) is 24.8 Å². The predicted molar refractivity (Wildman–Crippen MR) is 121 cm³/mol. The predicted octanol–water partition coefficient (Wildman–Crippen LogP) is 1.99. The largest absolute Gasteiger partial charge is 0.333 e. The maximum atomic E-state index is 13.7. The smallest absolute Gasteiger partial charge is 0.329 e. The Labute approximate surface area is 185 Å². The Morgan fingerprint density at radius 2 is 2.00 bits per heavy atom. The lowest BCUT2D eigenvalue weighted by Gasteiger charge is -2.44. The molecule has 0 radical (unpaired) electrons. The van der Waals surface area contributed by atoms with Gasteiger partial charge in [0.15, 0.2) is 0 Å². The van der Waals surface area contributed by atoms with Gasteiger partial charge in [0.25, 0.3) is 5.56 Å². The number of benzene rings is 1. The molecule has 5 atom stereocenters. The van der Waals surface area contributed by atoms with E-state index in [2.05, 4.69) is 27.9 Å². The second-order valence-corrected chi connectivity index (χ2v) is 9.09. The van der Waals surface area contributed by atoms with Crippen LogP contribution < -0.4 is 26.4 Å². The van der Waals surface area contributed by atoms with Gasteiger partial charge in [0, 0.05) is 31.2 Å². The summed E-state index contributed by atoms with van der Waals surface area (Å²) < 4.78 is 1.84. The van der Waals surface area contributed by atoms with Crippen LogP contribution in [0.25, 0.3) is 11.0 Å². The number of carbonyl (C=O) groups excluding carboxylic acids is 2. The van der Waals surface area contributed by atoms with Crippen molar-refractivity contribution in [3.05, 3.63) is 46.9 Å². The number of hydrogen-bond donors (Lipinski definition) is 3. The Bertz CT molecular complexity index is 1160. The third-order valence-electron chi connectivity index (χ3n) is 6.84. The molecule has 1 aromatic heterocycles. The molecule has 0 aliphatic carbocycles. The van der Waals surface area contributed by atoms with E-state index in [1.54, 1.807) is 6.08 Å². The standard InChI is InChI=1S/C23H28N6O3/c1-13-7-8-15-11-16(12-18(13)25-15)29-19-6-4-3-5-17(19)26-21(22(29)31)28-10-9-20(24-14(2)30)27-23(28)32/h3-6,9-10,13,15-16,18,20,25H,7-8,11-12H2,1-2H3,(H,24,30)(H,27,32)/t13?,15-,16+,18?,20?/m1/s1. The number of fused-ring (bicyclic) bond motifs is 3. The molecule has 3 amide bonds. The third kappa shape index (κ3) is 3.66. The van der Waals surface area contributed by atoms with Crippen LogP contribution >= 0.6 is 0 Å². The minimum Gasteiger partial charge on any atom is -0.333 e. The summed E-state index contributed by atoms with van der Waals surface area (Å²) in [6, 6.07) is 7.89. The van der Waals surface area contributed by atoms with Crippen molar-refractivity contribution in [1.82, 2.24) is 25.5 Å². The molecule has 32 heavy (non-hydrogen) atoms. The lowest BCUT2D eigenvalue weighted by Crippen LogP contribution is -2.55. The maximum absolute atomic E-state index is 13.7. The number of para-hydroxylation sites is 2. The first-order chi connectivity index (χ1) is 15.4. The monoisotopic (exact) mass is 436 g/mol. The molecule has 3 unspecified atom stereocenters. The highest BCUT2D eigenvalue weighted by atomic mass is 16.2. The van der Waals surface area contributed by atoms with Crippen molar-refractivity contribution >= 4 is 28.8 Å². The molecule has 168 valence electrons. The molecule has 2 saturated heterocycles. The van der Waals surface area contributed by atoms with Gasteiger partial charge in [0.05, 0.1) is 11.0 Å². The molecule has 2 fully saturated rings. The van der Waals surface area contributed by atoms with E-state index in [0.29, 0.717) is 23.5 Å². The molecule has 3 aliphatic heterocycles. The van der Waals surface area contributed by atoms with E-state index in [4.69, 9.17) is 0 Å². The molecular weight excluding hydrogens is 408 g/mol.